The van der Waals surface area contributed by atoms with Crippen LogP contribution in [-0.2, 0) is 0 Å². The summed E-state index contributed by atoms with van der Waals surface area (Å²) in [7, 11) is 0. The number of nitrogens with one attached hydrogen (secondary N) is 1. The number of hydrogen-bond donors (Lipinski definition) is 1. The first kappa shape index (κ1) is 17.0. The molecular formula is C15H14Cl3N3OS. The molecule has 1 saturated carbocycles. The van der Waals surface area contributed by atoms with Crippen LogP contribution in [-0.4, -0.2) is 27.3 Å². The lowest BCUT2D eigenvalue weighted by molar-refractivity contribution is 0.807. The molecule has 1 aromatic carbocycles. The first-order valence-corrected chi connectivity index (χ1v) is 9.34. The van der Waals surface area contributed by atoms with Crippen LogP contribution in [0.25, 0.3) is 5.69 Å². The lowest BCUT2D eigenvalue weighted by Crippen LogP contribution is -2.21. The Morgan fingerprint density at radius 1 is 1.30 bits per heavy atom. The molecule has 1 aliphatic rings. The summed E-state index contributed by atoms with van der Waals surface area (Å²) in [5, 5.41) is 7.96. The Labute approximate surface area is 153 Å². The first-order valence-electron chi connectivity index (χ1n) is 6.98. The number of halogens is 3. The molecule has 0 radical (unpaired) electrons. The molecule has 3 rings (SSSR count). The number of hydrogen-bond acceptors (Lipinski definition) is 4. The van der Waals surface area contributed by atoms with Crippen molar-refractivity contribution in [3.05, 3.63) is 49.8 Å². The summed E-state index contributed by atoms with van der Waals surface area (Å²) in [4.78, 5) is 12.1. The number of anilines is 1. The van der Waals surface area contributed by atoms with Gasteiger partial charge in [0.05, 0.1) is 27.6 Å². The van der Waals surface area contributed by atoms with Crippen molar-refractivity contribution in [3.8, 4) is 5.69 Å². The number of nitrogens with zero attached hydrogens (tertiary/aromatic N) is 2. The zero-order valence-electron chi connectivity index (χ0n) is 12.3. The maximum Gasteiger partial charge on any atom is 0.291 e. The number of thioether (sulfide) groups is 1. The Kier molecular flexibility index (Phi) is 4.83. The molecule has 8 heteroatoms. The largest absolute Gasteiger partial charge is 0.382 e. The summed E-state index contributed by atoms with van der Waals surface area (Å²) in [5.74, 6) is 0. The Bertz CT molecular complexity index is 805. The SMILES string of the molecule is CSC1(CNc2ccc(-n3ncc(Cl)c(Cl)c3=O)cc2Cl)CC1. The highest BCUT2D eigenvalue weighted by atomic mass is 35.5. The van der Waals surface area contributed by atoms with Gasteiger partial charge in [-0.3, -0.25) is 4.79 Å². The van der Waals surface area contributed by atoms with Gasteiger partial charge in [0.1, 0.15) is 5.02 Å². The van der Waals surface area contributed by atoms with Crippen LogP contribution < -0.4 is 10.9 Å². The van der Waals surface area contributed by atoms with Crippen LogP contribution in [0.1, 0.15) is 12.8 Å². The van der Waals surface area contributed by atoms with Crippen LogP contribution in [0.4, 0.5) is 5.69 Å². The molecule has 1 aliphatic carbocycles. The van der Waals surface area contributed by atoms with E-state index in [1.165, 1.54) is 23.7 Å². The minimum atomic E-state index is -0.477. The van der Waals surface area contributed by atoms with Gasteiger partial charge in [-0.1, -0.05) is 34.8 Å². The van der Waals surface area contributed by atoms with Gasteiger partial charge in [0.2, 0.25) is 0 Å². The third-order valence-electron chi connectivity index (χ3n) is 3.92. The molecule has 1 heterocycles. The monoisotopic (exact) mass is 389 g/mol. The summed E-state index contributed by atoms with van der Waals surface area (Å²) in [6, 6.07) is 5.29. The number of rotatable bonds is 5. The van der Waals surface area contributed by atoms with Gasteiger partial charge < -0.3 is 5.32 Å². The fourth-order valence-electron chi connectivity index (χ4n) is 2.22. The molecule has 0 aliphatic heterocycles. The lowest BCUT2D eigenvalue weighted by Gasteiger charge is -2.15. The van der Waals surface area contributed by atoms with E-state index in [-0.39, 0.29) is 10.0 Å². The van der Waals surface area contributed by atoms with E-state index in [0.717, 1.165) is 12.2 Å². The first-order chi connectivity index (χ1) is 11.0. The van der Waals surface area contributed by atoms with Crippen molar-refractivity contribution >= 4 is 52.3 Å². The molecular weight excluding hydrogens is 377 g/mol. The topological polar surface area (TPSA) is 46.9 Å². The summed E-state index contributed by atoms with van der Waals surface area (Å²) >= 11 is 19.9. The second-order valence-electron chi connectivity index (χ2n) is 5.43. The Balaban J connectivity index is 1.85. The Morgan fingerprint density at radius 3 is 2.65 bits per heavy atom. The molecule has 2 aromatic rings. The molecule has 122 valence electrons. The average Bonchev–Trinajstić information content (AvgIpc) is 3.32. The van der Waals surface area contributed by atoms with Crippen LogP contribution in [0.3, 0.4) is 0 Å². The molecule has 0 saturated heterocycles. The van der Waals surface area contributed by atoms with Crippen molar-refractivity contribution in [3.63, 3.8) is 0 Å². The van der Waals surface area contributed by atoms with Gasteiger partial charge >= 0.3 is 0 Å². The Morgan fingerprint density at radius 2 is 2.04 bits per heavy atom. The summed E-state index contributed by atoms with van der Waals surface area (Å²) in [6.45, 7) is 0.873. The smallest absolute Gasteiger partial charge is 0.291 e. The van der Waals surface area contributed by atoms with E-state index in [2.05, 4.69) is 16.7 Å². The van der Waals surface area contributed by atoms with Gasteiger partial charge in [-0.15, -0.1) is 0 Å². The lowest BCUT2D eigenvalue weighted by atomic mass is 10.2. The van der Waals surface area contributed by atoms with Gasteiger partial charge in [0, 0.05) is 11.3 Å². The normalized spacial score (nSPS) is 15.5. The third kappa shape index (κ3) is 3.48. The number of aromatic nitrogens is 2. The fourth-order valence-corrected chi connectivity index (χ4v) is 3.45. The van der Waals surface area contributed by atoms with Crippen molar-refractivity contribution in [2.45, 2.75) is 17.6 Å². The van der Waals surface area contributed by atoms with E-state index in [1.807, 2.05) is 17.8 Å². The maximum absolute atomic E-state index is 12.1. The molecule has 23 heavy (non-hydrogen) atoms. The highest BCUT2D eigenvalue weighted by molar-refractivity contribution is 8.00. The third-order valence-corrected chi connectivity index (χ3v) is 6.40. The highest BCUT2D eigenvalue weighted by Crippen LogP contribution is 2.47. The van der Waals surface area contributed by atoms with Crippen LogP contribution >= 0.6 is 46.6 Å². The fraction of sp³-hybridized carbons (Fsp3) is 0.333. The zero-order valence-corrected chi connectivity index (χ0v) is 15.4. The molecule has 1 fully saturated rings. The van der Waals surface area contributed by atoms with E-state index in [0.29, 0.717) is 15.5 Å². The van der Waals surface area contributed by atoms with Crippen molar-refractivity contribution < 1.29 is 0 Å². The molecule has 0 bridgehead atoms. The van der Waals surface area contributed by atoms with E-state index in [1.54, 1.807) is 12.1 Å². The molecule has 1 N–H and O–H groups in total. The van der Waals surface area contributed by atoms with Crippen molar-refractivity contribution in [2.75, 3.05) is 18.1 Å². The van der Waals surface area contributed by atoms with Gasteiger partial charge in [0.15, 0.2) is 0 Å². The van der Waals surface area contributed by atoms with E-state index in [9.17, 15) is 4.79 Å². The second-order valence-corrected chi connectivity index (χ2v) is 7.89. The van der Waals surface area contributed by atoms with E-state index in [4.69, 9.17) is 34.8 Å². The Hall–Kier alpha value is -0.880. The second kappa shape index (κ2) is 6.55. The summed E-state index contributed by atoms with van der Waals surface area (Å²) in [5.41, 5.74) is 0.897. The van der Waals surface area contributed by atoms with Crippen LogP contribution in [0.5, 0.6) is 0 Å². The molecule has 4 nitrogen and oxygen atoms in total. The minimum Gasteiger partial charge on any atom is -0.382 e. The van der Waals surface area contributed by atoms with Crippen molar-refractivity contribution in [1.29, 1.82) is 0 Å². The molecule has 0 atom stereocenters. The maximum atomic E-state index is 12.1. The molecule has 1 aromatic heterocycles. The molecule has 0 spiro atoms. The van der Waals surface area contributed by atoms with Crippen molar-refractivity contribution in [2.24, 2.45) is 0 Å². The van der Waals surface area contributed by atoms with Gasteiger partial charge in [-0.25, -0.2) is 0 Å². The van der Waals surface area contributed by atoms with Gasteiger partial charge in [-0.2, -0.15) is 21.5 Å². The molecule has 0 unspecified atom stereocenters. The number of benzene rings is 1. The highest BCUT2D eigenvalue weighted by Gasteiger charge is 2.41. The quantitative estimate of drug-likeness (QED) is 0.816. The van der Waals surface area contributed by atoms with Gasteiger partial charge in [-0.05, 0) is 37.3 Å². The van der Waals surface area contributed by atoms with Crippen LogP contribution in [0, 0.1) is 0 Å². The van der Waals surface area contributed by atoms with E-state index < -0.39 is 5.56 Å². The van der Waals surface area contributed by atoms with Crippen molar-refractivity contribution in [1.82, 2.24) is 9.78 Å². The summed E-state index contributed by atoms with van der Waals surface area (Å²) in [6.07, 6.45) is 5.90. The zero-order chi connectivity index (χ0) is 16.6. The summed E-state index contributed by atoms with van der Waals surface area (Å²) < 4.78 is 1.51. The predicted molar refractivity (Wildman–Crippen MR) is 98.8 cm³/mol. The molecule has 0 amide bonds. The predicted octanol–water partition coefficient (Wildman–Crippen LogP) is 4.50. The van der Waals surface area contributed by atoms with Crippen LogP contribution in [0.2, 0.25) is 15.1 Å². The van der Waals surface area contributed by atoms with Crippen LogP contribution in [0.15, 0.2) is 29.2 Å². The minimum absolute atomic E-state index is 0.0596. The standard InChI is InChI=1S/C15H14Cl3N3OS/c1-23-15(4-5-15)8-19-12-3-2-9(6-10(12)16)21-14(22)13(18)11(17)7-20-21/h2-3,6-7,19H,4-5,8H2,1H3. The van der Waals surface area contributed by atoms with Gasteiger partial charge in [0.25, 0.3) is 5.56 Å². The average molecular weight is 391 g/mol. The van der Waals surface area contributed by atoms with E-state index >= 15 is 0 Å².